The van der Waals surface area contributed by atoms with E-state index in [-0.39, 0.29) is 5.54 Å². The van der Waals surface area contributed by atoms with E-state index in [1.54, 1.807) is 0 Å². The van der Waals surface area contributed by atoms with Gasteiger partial charge in [0.15, 0.2) is 0 Å². The van der Waals surface area contributed by atoms with Crippen molar-refractivity contribution in [3.63, 3.8) is 0 Å². The molecule has 0 spiro atoms. The monoisotopic (exact) mass is 223 g/mol. The van der Waals surface area contributed by atoms with Gasteiger partial charge in [0.05, 0.1) is 6.10 Å². The minimum Gasteiger partial charge on any atom is -0.377 e. The highest BCUT2D eigenvalue weighted by atomic mass is 16.5. The van der Waals surface area contributed by atoms with Crippen LogP contribution in [0.3, 0.4) is 0 Å². The zero-order valence-corrected chi connectivity index (χ0v) is 10.4. The van der Waals surface area contributed by atoms with Gasteiger partial charge >= 0.3 is 0 Å². The largest absolute Gasteiger partial charge is 0.377 e. The van der Waals surface area contributed by atoms with Gasteiger partial charge in [-0.05, 0) is 20.3 Å². The molecule has 2 heterocycles. The molecule has 2 unspecified atom stereocenters. The summed E-state index contributed by atoms with van der Waals surface area (Å²) in [5.41, 5.74) is 0.130. The number of aromatic nitrogens is 2. The zero-order chi connectivity index (χ0) is 11.6. The van der Waals surface area contributed by atoms with Gasteiger partial charge in [-0.15, -0.1) is 0 Å². The van der Waals surface area contributed by atoms with Gasteiger partial charge in [0.2, 0.25) is 0 Å². The quantitative estimate of drug-likeness (QED) is 0.831. The summed E-state index contributed by atoms with van der Waals surface area (Å²) in [6.45, 7) is 6.20. The normalized spacial score (nSPS) is 29.8. The van der Waals surface area contributed by atoms with Crippen LogP contribution >= 0.6 is 0 Å². The van der Waals surface area contributed by atoms with Crippen LogP contribution in [-0.4, -0.2) is 34.3 Å². The Morgan fingerprint density at radius 2 is 2.50 bits per heavy atom. The van der Waals surface area contributed by atoms with E-state index >= 15 is 0 Å². The molecule has 2 atom stereocenters. The molecule has 1 aliphatic heterocycles. The second-order valence-electron chi connectivity index (χ2n) is 4.81. The molecule has 1 fully saturated rings. The van der Waals surface area contributed by atoms with Gasteiger partial charge in [-0.3, -0.25) is 0 Å². The van der Waals surface area contributed by atoms with Crippen LogP contribution in [0.4, 0.5) is 0 Å². The fourth-order valence-electron chi connectivity index (χ4n) is 2.16. The minimum atomic E-state index is 0.130. The number of aryl methyl sites for hydroxylation is 1. The van der Waals surface area contributed by atoms with Crippen LogP contribution in [0, 0.1) is 0 Å². The van der Waals surface area contributed by atoms with Crippen molar-refractivity contribution in [2.45, 2.75) is 38.3 Å². The highest BCUT2D eigenvalue weighted by Crippen LogP contribution is 2.24. The van der Waals surface area contributed by atoms with Crippen LogP contribution in [0.2, 0.25) is 0 Å². The fraction of sp³-hybridized carbons (Fsp3) is 0.750. The average molecular weight is 223 g/mol. The van der Waals surface area contributed by atoms with Crippen LogP contribution in [0.15, 0.2) is 12.4 Å². The van der Waals surface area contributed by atoms with Gasteiger partial charge in [-0.25, -0.2) is 4.98 Å². The van der Waals surface area contributed by atoms with Gasteiger partial charge in [-0.1, -0.05) is 0 Å². The summed E-state index contributed by atoms with van der Waals surface area (Å²) in [5.74, 6) is 1.13. The Labute approximate surface area is 97.0 Å². The maximum absolute atomic E-state index is 5.60. The molecule has 1 aromatic heterocycles. The Morgan fingerprint density at radius 3 is 3.06 bits per heavy atom. The van der Waals surface area contributed by atoms with Gasteiger partial charge in [0.25, 0.3) is 0 Å². The first-order chi connectivity index (χ1) is 7.62. The van der Waals surface area contributed by atoms with Crippen LogP contribution in [-0.2, 0) is 18.2 Å². The molecule has 0 saturated carbocycles. The molecule has 1 N–H and O–H groups in total. The molecular formula is C12H21N3O. The summed E-state index contributed by atoms with van der Waals surface area (Å²) < 4.78 is 7.66. The minimum absolute atomic E-state index is 0.130. The topological polar surface area (TPSA) is 39.1 Å². The van der Waals surface area contributed by atoms with E-state index in [9.17, 15) is 0 Å². The molecule has 16 heavy (non-hydrogen) atoms. The van der Waals surface area contributed by atoms with E-state index < -0.39 is 0 Å². The molecule has 4 heteroatoms. The lowest BCUT2D eigenvalue weighted by atomic mass is 9.94. The summed E-state index contributed by atoms with van der Waals surface area (Å²) in [6, 6.07) is 0. The molecule has 1 aromatic rings. The Balaban J connectivity index is 1.82. The molecule has 0 aromatic carbocycles. The number of nitrogens with one attached hydrogen (secondary N) is 1. The predicted molar refractivity (Wildman–Crippen MR) is 63.4 cm³/mol. The third-order valence-corrected chi connectivity index (χ3v) is 3.68. The fourth-order valence-corrected chi connectivity index (χ4v) is 2.16. The van der Waals surface area contributed by atoms with Gasteiger partial charge < -0.3 is 14.6 Å². The van der Waals surface area contributed by atoms with Crippen molar-refractivity contribution < 1.29 is 4.74 Å². The van der Waals surface area contributed by atoms with Crippen LogP contribution in [0.5, 0.6) is 0 Å². The third-order valence-electron chi connectivity index (χ3n) is 3.68. The maximum Gasteiger partial charge on any atom is 0.109 e. The van der Waals surface area contributed by atoms with Crippen molar-refractivity contribution in [1.29, 1.82) is 0 Å². The Kier molecular flexibility index (Phi) is 3.30. The van der Waals surface area contributed by atoms with Crippen LogP contribution in [0.1, 0.15) is 26.1 Å². The molecule has 2 rings (SSSR count). The molecule has 0 amide bonds. The zero-order valence-electron chi connectivity index (χ0n) is 10.4. The summed E-state index contributed by atoms with van der Waals surface area (Å²) in [7, 11) is 2.03. The molecule has 0 bridgehead atoms. The molecule has 90 valence electrons. The highest BCUT2D eigenvalue weighted by Gasteiger charge is 2.36. The molecule has 0 radical (unpaired) electrons. The SMILES string of the molecule is CC1OCCC1(C)NCCc1nccn1C. The number of imidazole rings is 1. The molecule has 0 aliphatic carbocycles. The van der Waals surface area contributed by atoms with E-state index in [4.69, 9.17) is 4.74 Å². The number of ether oxygens (including phenoxy) is 1. The number of hydrogen-bond donors (Lipinski definition) is 1. The lowest BCUT2D eigenvalue weighted by molar-refractivity contribution is 0.0889. The van der Waals surface area contributed by atoms with E-state index in [1.807, 2.05) is 19.4 Å². The maximum atomic E-state index is 5.60. The van der Waals surface area contributed by atoms with Gasteiger partial charge in [0.1, 0.15) is 5.82 Å². The smallest absolute Gasteiger partial charge is 0.109 e. The Hall–Kier alpha value is -0.870. The van der Waals surface area contributed by atoms with Gasteiger partial charge in [-0.2, -0.15) is 0 Å². The highest BCUT2D eigenvalue weighted by molar-refractivity contribution is 4.96. The van der Waals surface area contributed by atoms with Crippen molar-refractivity contribution >= 4 is 0 Å². The average Bonchev–Trinajstić information content (AvgIpc) is 2.77. The van der Waals surface area contributed by atoms with E-state index in [1.165, 1.54) is 0 Å². The van der Waals surface area contributed by atoms with Crippen LogP contribution in [0.25, 0.3) is 0 Å². The lowest BCUT2D eigenvalue weighted by Gasteiger charge is -2.29. The lowest BCUT2D eigenvalue weighted by Crippen LogP contribution is -2.48. The first kappa shape index (κ1) is 11.6. The van der Waals surface area contributed by atoms with Crippen molar-refractivity contribution in [2.24, 2.45) is 7.05 Å². The summed E-state index contributed by atoms with van der Waals surface area (Å²) in [4.78, 5) is 4.31. The van der Waals surface area contributed by atoms with E-state index in [0.29, 0.717) is 6.10 Å². The van der Waals surface area contributed by atoms with Crippen molar-refractivity contribution in [1.82, 2.24) is 14.9 Å². The van der Waals surface area contributed by atoms with Gasteiger partial charge in [0, 0.05) is 44.6 Å². The summed E-state index contributed by atoms with van der Waals surface area (Å²) in [5, 5.41) is 3.59. The second-order valence-corrected chi connectivity index (χ2v) is 4.81. The molecule has 1 saturated heterocycles. The number of nitrogens with zero attached hydrogens (tertiary/aromatic N) is 2. The van der Waals surface area contributed by atoms with Crippen molar-refractivity contribution in [3.8, 4) is 0 Å². The Bertz CT molecular complexity index is 350. The van der Waals surface area contributed by atoms with Crippen molar-refractivity contribution in [3.05, 3.63) is 18.2 Å². The number of hydrogen-bond acceptors (Lipinski definition) is 3. The second kappa shape index (κ2) is 4.55. The Morgan fingerprint density at radius 1 is 1.69 bits per heavy atom. The number of rotatable bonds is 4. The third kappa shape index (κ3) is 2.28. The van der Waals surface area contributed by atoms with E-state index in [2.05, 4.69) is 28.7 Å². The van der Waals surface area contributed by atoms with Crippen LogP contribution < -0.4 is 5.32 Å². The predicted octanol–water partition coefficient (Wildman–Crippen LogP) is 1.12. The standard InChI is InChI=1S/C12H21N3O/c1-10-12(2,5-9-16-10)14-6-4-11-13-7-8-15(11)3/h7-8,10,14H,4-6,9H2,1-3H3. The summed E-state index contributed by atoms with van der Waals surface area (Å²) in [6.07, 6.45) is 6.19. The van der Waals surface area contributed by atoms with E-state index in [0.717, 1.165) is 31.8 Å². The first-order valence-electron chi connectivity index (χ1n) is 5.95. The molecule has 4 nitrogen and oxygen atoms in total. The first-order valence-corrected chi connectivity index (χ1v) is 5.95. The summed E-state index contributed by atoms with van der Waals surface area (Å²) >= 11 is 0. The molecular weight excluding hydrogens is 202 g/mol. The van der Waals surface area contributed by atoms with Crippen molar-refractivity contribution in [2.75, 3.05) is 13.2 Å². The molecule has 1 aliphatic rings.